The number of methoxy groups -OCH3 is 1. The molecule has 1 N–H and O–H groups in total. The number of carbonyl (C=O) groups is 1. The van der Waals surface area contributed by atoms with Gasteiger partial charge in [0.25, 0.3) is 11.5 Å². The Hall–Kier alpha value is -2.45. The predicted octanol–water partition coefficient (Wildman–Crippen LogP) is 0.515. The molecule has 24 heavy (non-hydrogen) atoms. The lowest BCUT2D eigenvalue weighted by Crippen LogP contribution is -2.36. The highest BCUT2D eigenvalue weighted by atomic mass is 16.5. The molecular formula is C16H22N4O4. The van der Waals surface area contributed by atoms with Gasteiger partial charge in [-0.1, -0.05) is 0 Å². The molecule has 0 aromatic carbocycles. The number of aromatic nitrogens is 2. The summed E-state index contributed by atoms with van der Waals surface area (Å²) < 4.78 is 11.6. The third-order valence-corrected chi connectivity index (χ3v) is 3.56. The summed E-state index contributed by atoms with van der Waals surface area (Å²) in [6.45, 7) is 1.00. The van der Waals surface area contributed by atoms with E-state index in [9.17, 15) is 9.59 Å². The second kappa shape index (κ2) is 8.42. The number of nitrogens with one attached hydrogen (secondary N) is 1. The van der Waals surface area contributed by atoms with Crippen molar-refractivity contribution in [2.24, 2.45) is 0 Å². The van der Waals surface area contributed by atoms with Gasteiger partial charge in [0.2, 0.25) is 0 Å². The van der Waals surface area contributed by atoms with Crippen LogP contribution in [0.5, 0.6) is 0 Å². The van der Waals surface area contributed by atoms with Crippen molar-refractivity contribution in [2.75, 3.05) is 34.4 Å². The largest absolute Gasteiger partial charge is 0.468 e. The Morgan fingerprint density at radius 1 is 1.42 bits per heavy atom. The molecular weight excluding hydrogens is 312 g/mol. The number of ether oxygens (including phenoxy) is 1. The van der Waals surface area contributed by atoms with Crippen LogP contribution in [0.25, 0.3) is 0 Å². The lowest BCUT2D eigenvalue weighted by atomic mass is 10.2. The van der Waals surface area contributed by atoms with E-state index in [1.807, 2.05) is 25.1 Å². The molecule has 1 atom stereocenters. The fourth-order valence-electron chi connectivity index (χ4n) is 2.21. The molecule has 130 valence electrons. The zero-order valence-corrected chi connectivity index (χ0v) is 14.1. The van der Waals surface area contributed by atoms with Gasteiger partial charge in [-0.3, -0.25) is 14.5 Å². The van der Waals surface area contributed by atoms with E-state index in [0.29, 0.717) is 19.7 Å². The molecule has 1 amide bonds. The standard InChI is InChI=1S/C16H22N4O4/c1-19(2)13(14-5-4-9-24-14)11-17-16(22)12-6-7-15(21)20(18-12)8-10-23-3/h4-7,9,13H,8,10-11H2,1-3H3,(H,17,22). The first-order chi connectivity index (χ1) is 11.5. The van der Waals surface area contributed by atoms with E-state index < -0.39 is 0 Å². The molecule has 8 nitrogen and oxygen atoms in total. The van der Waals surface area contributed by atoms with Crippen molar-refractivity contribution in [1.82, 2.24) is 20.0 Å². The summed E-state index contributed by atoms with van der Waals surface area (Å²) in [5, 5.41) is 6.89. The SMILES string of the molecule is COCCn1nc(C(=O)NCC(c2ccco2)N(C)C)ccc1=O. The topological polar surface area (TPSA) is 89.6 Å². The Balaban J connectivity index is 2.05. The van der Waals surface area contributed by atoms with E-state index in [-0.39, 0.29) is 23.2 Å². The number of carbonyl (C=O) groups excluding carboxylic acids is 1. The van der Waals surface area contributed by atoms with Gasteiger partial charge in [-0.05, 0) is 32.3 Å². The average Bonchev–Trinajstić information content (AvgIpc) is 3.08. The molecule has 8 heteroatoms. The molecule has 0 radical (unpaired) electrons. The molecule has 0 aliphatic carbocycles. The lowest BCUT2D eigenvalue weighted by molar-refractivity contribution is 0.0930. The van der Waals surface area contributed by atoms with E-state index in [2.05, 4.69) is 10.4 Å². The monoisotopic (exact) mass is 334 g/mol. The molecule has 2 aromatic rings. The van der Waals surface area contributed by atoms with E-state index in [4.69, 9.17) is 9.15 Å². The molecule has 0 saturated carbocycles. The number of amides is 1. The lowest BCUT2D eigenvalue weighted by Gasteiger charge is -2.22. The van der Waals surface area contributed by atoms with Gasteiger partial charge in [0.05, 0.1) is 25.5 Å². The first-order valence-corrected chi connectivity index (χ1v) is 7.58. The quantitative estimate of drug-likeness (QED) is 0.757. The van der Waals surface area contributed by atoms with E-state index >= 15 is 0 Å². The average molecular weight is 334 g/mol. The normalized spacial score (nSPS) is 12.3. The van der Waals surface area contributed by atoms with Gasteiger partial charge in [0.15, 0.2) is 0 Å². The Morgan fingerprint density at radius 3 is 2.83 bits per heavy atom. The van der Waals surface area contributed by atoms with Crippen LogP contribution < -0.4 is 10.9 Å². The Labute approximate surface area is 140 Å². The predicted molar refractivity (Wildman–Crippen MR) is 87.8 cm³/mol. The van der Waals surface area contributed by atoms with Crippen LogP contribution in [0.2, 0.25) is 0 Å². The second-order valence-electron chi connectivity index (χ2n) is 5.48. The van der Waals surface area contributed by atoms with Crippen LogP contribution in [0.1, 0.15) is 22.3 Å². The summed E-state index contributed by atoms with van der Waals surface area (Å²) in [7, 11) is 5.35. The molecule has 2 aromatic heterocycles. The van der Waals surface area contributed by atoms with Crippen LogP contribution >= 0.6 is 0 Å². The maximum Gasteiger partial charge on any atom is 0.271 e. The van der Waals surface area contributed by atoms with Gasteiger partial charge in [-0.2, -0.15) is 5.10 Å². The third-order valence-electron chi connectivity index (χ3n) is 3.56. The van der Waals surface area contributed by atoms with Crippen LogP contribution in [-0.4, -0.2) is 54.9 Å². The highest BCUT2D eigenvalue weighted by Gasteiger charge is 2.19. The maximum absolute atomic E-state index is 12.3. The van der Waals surface area contributed by atoms with Gasteiger partial charge in [0.1, 0.15) is 11.5 Å². The number of nitrogens with zero attached hydrogens (tertiary/aromatic N) is 3. The van der Waals surface area contributed by atoms with Crippen molar-refractivity contribution in [3.05, 3.63) is 52.3 Å². The van der Waals surface area contributed by atoms with Gasteiger partial charge in [-0.25, -0.2) is 4.68 Å². The van der Waals surface area contributed by atoms with Crippen LogP contribution in [0.4, 0.5) is 0 Å². The van der Waals surface area contributed by atoms with Crippen molar-refractivity contribution in [3.63, 3.8) is 0 Å². The maximum atomic E-state index is 12.3. The van der Waals surface area contributed by atoms with Crippen LogP contribution in [0, 0.1) is 0 Å². The summed E-state index contributed by atoms with van der Waals surface area (Å²) in [5.41, 5.74) is -0.0898. The highest BCUT2D eigenvalue weighted by Crippen LogP contribution is 2.17. The Bertz CT molecular complexity index is 709. The van der Waals surface area contributed by atoms with E-state index in [1.54, 1.807) is 12.3 Å². The zero-order valence-electron chi connectivity index (χ0n) is 14.1. The number of rotatable bonds is 8. The van der Waals surface area contributed by atoms with Gasteiger partial charge >= 0.3 is 0 Å². The molecule has 0 aliphatic rings. The van der Waals surface area contributed by atoms with Crippen molar-refractivity contribution >= 4 is 5.91 Å². The van der Waals surface area contributed by atoms with Gasteiger partial charge < -0.3 is 14.5 Å². The Kier molecular flexibility index (Phi) is 6.28. The smallest absolute Gasteiger partial charge is 0.271 e. The third kappa shape index (κ3) is 4.53. The molecule has 0 saturated heterocycles. The summed E-state index contributed by atoms with van der Waals surface area (Å²) in [6.07, 6.45) is 1.60. The first-order valence-electron chi connectivity index (χ1n) is 7.58. The van der Waals surface area contributed by atoms with E-state index in [0.717, 1.165) is 5.76 Å². The highest BCUT2D eigenvalue weighted by molar-refractivity contribution is 5.92. The summed E-state index contributed by atoms with van der Waals surface area (Å²) in [6, 6.07) is 6.32. The fourth-order valence-corrected chi connectivity index (χ4v) is 2.21. The minimum atomic E-state index is -0.348. The summed E-state index contributed by atoms with van der Waals surface area (Å²) in [5.74, 6) is 0.415. The first kappa shape index (κ1) is 17.9. The summed E-state index contributed by atoms with van der Waals surface area (Å²) >= 11 is 0. The number of likely N-dealkylation sites (N-methyl/N-ethyl adjacent to an activating group) is 1. The van der Waals surface area contributed by atoms with Gasteiger partial charge in [-0.15, -0.1) is 0 Å². The molecule has 0 fully saturated rings. The minimum Gasteiger partial charge on any atom is -0.468 e. The van der Waals surface area contributed by atoms with Crippen LogP contribution in [-0.2, 0) is 11.3 Å². The molecule has 2 rings (SSSR count). The van der Waals surface area contributed by atoms with Crippen LogP contribution in [0.3, 0.4) is 0 Å². The molecule has 0 bridgehead atoms. The molecule has 1 unspecified atom stereocenters. The fraction of sp³-hybridized carbons (Fsp3) is 0.438. The van der Waals surface area contributed by atoms with Crippen molar-refractivity contribution in [3.8, 4) is 0 Å². The van der Waals surface area contributed by atoms with Gasteiger partial charge in [0, 0.05) is 19.7 Å². The number of hydrogen-bond acceptors (Lipinski definition) is 6. The van der Waals surface area contributed by atoms with Crippen LogP contribution in [0.15, 0.2) is 39.7 Å². The van der Waals surface area contributed by atoms with E-state index in [1.165, 1.54) is 23.9 Å². The number of furan rings is 1. The summed E-state index contributed by atoms with van der Waals surface area (Å²) in [4.78, 5) is 26.0. The zero-order chi connectivity index (χ0) is 17.5. The minimum absolute atomic E-state index is 0.0941. The van der Waals surface area contributed by atoms with Crippen molar-refractivity contribution in [2.45, 2.75) is 12.6 Å². The van der Waals surface area contributed by atoms with Crippen molar-refractivity contribution in [1.29, 1.82) is 0 Å². The second-order valence-corrected chi connectivity index (χ2v) is 5.48. The molecule has 2 heterocycles. The van der Waals surface area contributed by atoms with Crippen molar-refractivity contribution < 1.29 is 13.9 Å². The Morgan fingerprint density at radius 2 is 2.21 bits per heavy atom. The number of hydrogen-bond donors (Lipinski definition) is 1. The molecule has 0 spiro atoms. The molecule has 0 aliphatic heterocycles.